The monoisotopic (exact) mass is 429 g/mol. The molecular weight excluding hydrogens is 406 g/mol. The molecule has 1 aliphatic rings. The van der Waals surface area contributed by atoms with Crippen LogP contribution in [0.25, 0.3) is 21.8 Å². The Bertz CT molecular complexity index is 1340. The molecule has 0 radical (unpaired) electrons. The summed E-state index contributed by atoms with van der Waals surface area (Å²) in [5.41, 5.74) is 3.61. The van der Waals surface area contributed by atoms with E-state index in [0.717, 1.165) is 39.4 Å². The number of hydrogen-bond donors (Lipinski definition) is 1. The predicted octanol–water partition coefficient (Wildman–Crippen LogP) is 4.86. The van der Waals surface area contributed by atoms with Crippen LogP contribution in [-0.2, 0) is 17.8 Å². The number of aromatic nitrogens is 1. The second kappa shape index (κ2) is 8.38. The van der Waals surface area contributed by atoms with E-state index in [2.05, 4.69) is 0 Å². The summed E-state index contributed by atoms with van der Waals surface area (Å²) in [6.45, 7) is 0.841. The smallest absolute Gasteiger partial charge is 0.323 e. The SMILES string of the molecule is O=C(O)Cn1c2ccccc2c2ccc(OCCCOc3ccc4c(c3)C(=O)CC4)cc21. The van der Waals surface area contributed by atoms with Gasteiger partial charge < -0.3 is 19.1 Å². The number of aliphatic carboxylic acids is 1. The highest BCUT2D eigenvalue weighted by Gasteiger charge is 2.19. The molecule has 3 aromatic carbocycles. The molecule has 0 saturated carbocycles. The number of carboxylic acid groups (broad SMARTS) is 1. The number of ether oxygens (including phenoxy) is 2. The first kappa shape index (κ1) is 20.1. The number of rotatable bonds is 8. The average Bonchev–Trinajstić information content (AvgIpc) is 3.31. The van der Waals surface area contributed by atoms with Gasteiger partial charge in [0.15, 0.2) is 5.78 Å². The molecule has 0 saturated heterocycles. The fourth-order valence-electron chi connectivity index (χ4n) is 4.37. The van der Waals surface area contributed by atoms with Gasteiger partial charge in [0.2, 0.25) is 0 Å². The van der Waals surface area contributed by atoms with Gasteiger partial charge in [0.05, 0.1) is 18.7 Å². The van der Waals surface area contributed by atoms with Crippen molar-refractivity contribution in [2.45, 2.75) is 25.8 Å². The number of ketones is 1. The zero-order chi connectivity index (χ0) is 22.1. The Morgan fingerprint density at radius 3 is 2.41 bits per heavy atom. The second-order valence-electron chi connectivity index (χ2n) is 7.97. The average molecular weight is 429 g/mol. The summed E-state index contributed by atoms with van der Waals surface area (Å²) in [4.78, 5) is 23.3. The fraction of sp³-hybridized carbons (Fsp3) is 0.231. The summed E-state index contributed by atoms with van der Waals surface area (Å²) in [6, 6.07) is 19.3. The largest absolute Gasteiger partial charge is 0.493 e. The second-order valence-corrected chi connectivity index (χ2v) is 7.97. The van der Waals surface area contributed by atoms with Crippen LogP contribution in [0.4, 0.5) is 0 Å². The van der Waals surface area contributed by atoms with Gasteiger partial charge in [-0.3, -0.25) is 9.59 Å². The van der Waals surface area contributed by atoms with Gasteiger partial charge in [-0.15, -0.1) is 0 Å². The summed E-state index contributed by atoms with van der Waals surface area (Å²) in [7, 11) is 0. The molecule has 162 valence electrons. The molecule has 4 aromatic rings. The molecule has 32 heavy (non-hydrogen) atoms. The van der Waals surface area contributed by atoms with Crippen molar-refractivity contribution in [1.29, 1.82) is 0 Å². The first-order valence-electron chi connectivity index (χ1n) is 10.7. The highest BCUT2D eigenvalue weighted by atomic mass is 16.5. The van der Waals surface area contributed by atoms with Crippen molar-refractivity contribution in [3.8, 4) is 11.5 Å². The van der Waals surface area contributed by atoms with Crippen LogP contribution < -0.4 is 9.47 Å². The molecule has 0 spiro atoms. The van der Waals surface area contributed by atoms with Crippen molar-refractivity contribution in [3.63, 3.8) is 0 Å². The van der Waals surface area contributed by atoms with Crippen LogP contribution in [0, 0.1) is 0 Å². The van der Waals surface area contributed by atoms with Crippen molar-refractivity contribution >= 4 is 33.6 Å². The van der Waals surface area contributed by atoms with E-state index in [0.29, 0.717) is 37.6 Å². The number of nitrogens with zero attached hydrogens (tertiary/aromatic N) is 1. The van der Waals surface area contributed by atoms with Gasteiger partial charge in [-0.2, -0.15) is 0 Å². The quantitative estimate of drug-likeness (QED) is 0.405. The Hall–Kier alpha value is -3.80. The summed E-state index contributed by atoms with van der Waals surface area (Å²) in [6.07, 6.45) is 2.08. The van der Waals surface area contributed by atoms with Crippen LogP contribution in [0.5, 0.6) is 11.5 Å². The molecule has 6 nitrogen and oxygen atoms in total. The molecule has 0 amide bonds. The van der Waals surface area contributed by atoms with Crippen molar-refractivity contribution in [1.82, 2.24) is 4.57 Å². The van der Waals surface area contributed by atoms with E-state index in [-0.39, 0.29) is 12.3 Å². The van der Waals surface area contributed by atoms with Crippen LogP contribution in [-0.4, -0.2) is 34.6 Å². The molecule has 5 rings (SSSR count). The summed E-state index contributed by atoms with van der Waals surface area (Å²) in [5.74, 6) is 0.697. The van der Waals surface area contributed by atoms with Crippen LogP contribution >= 0.6 is 0 Å². The Morgan fingerprint density at radius 1 is 0.875 bits per heavy atom. The first-order chi connectivity index (χ1) is 15.6. The lowest BCUT2D eigenvalue weighted by molar-refractivity contribution is -0.137. The third-order valence-electron chi connectivity index (χ3n) is 5.87. The third-order valence-corrected chi connectivity index (χ3v) is 5.87. The minimum atomic E-state index is -0.885. The molecule has 6 heteroatoms. The maximum Gasteiger partial charge on any atom is 0.323 e. The Morgan fingerprint density at radius 2 is 1.59 bits per heavy atom. The fourth-order valence-corrected chi connectivity index (χ4v) is 4.37. The van der Waals surface area contributed by atoms with Gasteiger partial charge in [-0.25, -0.2) is 0 Å². The van der Waals surface area contributed by atoms with E-state index >= 15 is 0 Å². The molecule has 1 heterocycles. The maximum absolute atomic E-state index is 11.9. The summed E-state index contributed by atoms with van der Waals surface area (Å²) >= 11 is 0. The van der Waals surface area contributed by atoms with Crippen LogP contribution in [0.2, 0.25) is 0 Å². The Labute approximate surface area is 185 Å². The predicted molar refractivity (Wildman–Crippen MR) is 122 cm³/mol. The van der Waals surface area contributed by atoms with E-state index in [9.17, 15) is 14.7 Å². The lowest BCUT2D eigenvalue weighted by Crippen LogP contribution is -2.08. The summed E-state index contributed by atoms with van der Waals surface area (Å²) in [5, 5.41) is 11.4. The lowest BCUT2D eigenvalue weighted by atomic mass is 10.1. The minimum absolute atomic E-state index is 0.107. The molecule has 1 aromatic heterocycles. The summed E-state index contributed by atoms with van der Waals surface area (Å²) < 4.78 is 13.5. The molecule has 0 bridgehead atoms. The topological polar surface area (TPSA) is 77.8 Å². The molecule has 0 fully saturated rings. The number of hydrogen-bond acceptors (Lipinski definition) is 4. The number of aryl methyl sites for hydroxylation is 1. The number of carboxylic acids is 1. The van der Waals surface area contributed by atoms with E-state index in [4.69, 9.17) is 9.47 Å². The highest BCUT2D eigenvalue weighted by Crippen LogP contribution is 2.31. The molecule has 1 N–H and O–H groups in total. The van der Waals surface area contributed by atoms with E-state index in [1.165, 1.54) is 0 Å². The van der Waals surface area contributed by atoms with Crippen molar-refractivity contribution in [3.05, 3.63) is 71.8 Å². The number of Topliss-reactive ketones (excluding diaryl/α,β-unsaturated/α-hetero) is 1. The molecule has 0 unspecified atom stereocenters. The zero-order valence-corrected chi connectivity index (χ0v) is 17.5. The first-order valence-corrected chi connectivity index (χ1v) is 10.7. The van der Waals surface area contributed by atoms with Gasteiger partial charge in [0.1, 0.15) is 18.0 Å². The van der Waals surface area contributed by atoms with Crippen LogP contribution in [0.1, 0.15) is 28.8 Å². The van der Waals surface area contributed by atoms with Crippen LogP contribution in [0.3, 0.4) is 0 Å². The molecular formula is C26H23NO5. The van der Waals surface area contributed by atoms with Gasteiger partial charge in [-0.1, -0.05) is 24.3 Å². The molecule has 1 aliphatic carbocycles. The van der Waals surface area contributed by atoms with Crippen molar-refractivity contribution in [2.75, 3.05) is 13.2 Å². The number of carbonyl (C=O) groups is 2. The zero-order valence-electron chi connectivity index (χ0n) is 17.5. The lowest BCUT2D eigenvalue weighted by Gasteiger charge is -2.10. The highest BCUT2D eigenvalue weighted by molar-refractivity contribution is 6.08. The molecule has 0 aliphatic heterocycles. The number of para-hydroxylation sites is 1. The van der Waals surface area contributed by atoms with Gasteiger partial charge in [-0.05, 0) is 42.3 Å². The van der Waals surface area contributed by atoms with Gasteiger partial charge >= 0.3 is 5.97 Å². The molecule has 0 atom stereocenters. The number of carbonyl (C=O) groups excluding carboxylic acids is 1. The van der Waals surface area contributed by atoms with E-state index < -0.39 is 5.97 Å². The number of fused-ring (bicyclic) bond motifs is 4. The maximum atomic E-state index is 11.9. The van der Waals surface area contributed by atoms with Gasteiger partial charge in [0.25, 0.3) is 0 Å². The Kier molecular flexibility index (Phi) is 5.27. The third kappa shape index (κ3) is 3.80. The van der Waals surface area contributed by atoms with E-state index in [1.54, 1.807) is 4.57 Å². The number of benzene rings is 3. The normalized spacial score (nSPS) is 12.9. The minimum Gasteiger partial charge on any atom is -0.493 e. The van der Waals surface area contributed by atoms with Crippen molar-refractivity contribution in [2.24, 2.45) is 0 Å². The van der Waals surface area contributed by atoms with Gasteiger partial charge in [0, 0.05) is 40.8 Å². The standard InChI is InChI=1S/C26H23NO5/c28-25-11-7-17-6-8-18(14-22(17)25)31-12-3-13-32-19-9-10-21-20-4-1-2-5-23(20)27(16-26(29)30)24(21)15-19/h1-2,4-6,8-10,14-15H,3,7,11-13,16H2,(H,29,30). The Balaban J connectivity index is 1.24. The van der Waals surface area contributed by atoms with Crippen molar-refractivity contribution < 1.29 is 24.2 Å². The van der Waals surface area contributed by atoms with E-state index in [1.807, 2.05) is 60.7 Å². The van der Waals surface area contributed by atoms with Crippen LogP contribution in [0.15, 0.2) is 60.7 Å².